The van der Waals surface area contributed by atoms with Crippen LogP contribution < -0.4 is 16.8 Å². The molecule has 1 saturated heterocycles. The van der Waals surface area contributed by atoms with E-state index in [-0.39, 0.29) is 30.6 Å². The minimum absolute atomic E-state index is 0.0755. The molecular formula is C27H29N9O3. The summed E-state index contributed by atoms with van der Waals surface area (Å²) >= 11 is 0. The third kappa shape index (κ3) is 4.84. The normalized spacial score (nSPS) is 20.6. The number of aromatic amines is 1. The highest BCUT2D eigenvalue weighted by atomic mass is 16.2. The number of fused-ring (bicyclic) bond motifs is 1. The number of tetrazole rings is 1. The number of aromatic nitrogens is 4. The molecule has 2 heterocycles. The summed E-state index contributed by atoms with van der Waals surface area (Å²) in [6.45, 7) is 2.02. The minimum atomic E-state index is -0.987. The fraction of sp³-hybridized carbons (Fsp3) is 0.370. The van der Waals surface area contributed by atoms with Crippen molar-refractivity contribution in [3.8, 4) is 6.07 Å². The Bertz CT molecular complexity index is 1360. The first-order valence-corrected chi connectivity index (χ1v) is 12.7. The molecule has 1 aliphatic carbocycles. The Morgan fingerprint density at radius 2 is 1.67 bits per heavy atom. The molecule has 1 aromatic heterocycles. The summed E-state index contributed by atoms with van der Waals surface area (Å²) in [7, 11) is 0. The average Bonchev–Trinajstić information content (AvgIpc) is 3.31. The second kappa shape index (κ2) is 10.3. The number of rotatable bonds is 10. The SMILES string of the molecule is C[C@@H](CC(c1ccc(C(N)=O)cc1)(c1ccc(C(N)=O)cc1)c1nn[nH]n1)NCC(=O)N1C(C#N)C[C@@H]2C[C@@H]21. The summed E-state index contributed by atoms with van der Waals surface area (Å²) in [6.07, 6.45) is 2.09. The number of likely N-dealkylation sites (tertiary alicyclic amines) is 1. The second-order valence-electron chi connectivity index (χ2n) is 10.3. The molecule has 0 spiro atoms. The van der Waals surface area contributed by atoms with Crippen LogP contribution in [0.5, 0.6) is 0 Å². The lowest BCUT2D eigenvalue weighted by Crippen LogP contribution is -2.46. The Balaban J connectivity index is 1.48. The smallest absolute Gasteiger partial charge is 0.248 e. The first-order chi connectivity index (χ1) is 18.7. The maximum absolute atomic E-state index is 13.1. The number of nitrogens with two attached hydrogens (primary N) is 2. The van der Waals surface area contributed by atoms with Gasteiger partial charge >= 0.3 is 0 Å². The van der Waals surface area contributed by atoms with E-state index < -0.39 is 17.2 Å². The summed E-state index contributed by atoms with van der Waals surface area (Å²) in [5, 5.41) is 27.8. The number of hydrogen-bond acceptors (Lipinski definition) is 8. The summed E-state index contributed by atoms with van der Waals surface area (Å²) in [5.41, 5.74) is 12.1. The van der Waals surface area contributed by atoms with Crippen LogP contribution in [0.15, 0.2) is 48.5 Å². The number of H-pyrrole nitrogens is 1. The van der Waals surface area contributed by atoms with Crippen LogP contribution in [0.3, 0.4) is 0 Å². The molecule has 3 aromatic rings. The van der Waals surface area contributed by atoms with Gasteiger partial charge in [-0.3, -0.25) is 14.4 Å². The van der Waals surface area contributed by atoms with Gasteiger partial charge in [-0.05, 0) is 67.5 Å². The number of primary amides is 2. The average molecular weight is 528 g/mol. The van der Waals surface area contributed by atoms with Gasteiger partial charge in [0.15, 0.2) is 5.82 Å². The molecule has 3 amide bonds. The first kappa shape index (κ1) is 26.0. The lowest BCUT2D eigenvalue weighted by atomic mass is 9.69. The quantitative estimate of drug-likeness (QED) is 0.294. The highest BCUT2D eigenvalue weighted by Gasteiger charge is 2.54. The van der Waals surface area contributed by atoms with E-state index >= 15 is 0 Å². The largest absolute Gasteiger partial charge is 0.366 e. The lowest BCUT2D eigenvalue weighted by molar-refractivity contribution is -0.131. The van der Waals surface area contributed by atoms with E-state index in [0.29, 0.717) is 29.3 Å². The molecule has 1 saturated carbocycles. The predicted molar refractivity (Wildman–Crippen MR) is 139 cm³/mol. The van der Waals surface area contributed by atoms with Crippen molar-refractivity contribution in [1.29, 1.82) is 5.26 Å². The fourth-order valence-corrected chi connectivity index (χ4v) is 5.75. The molecule has 12 heteroatoms. The second-order valence-corrected chi connectivity index (χ2v) is 10.3. The van der Waals surface area contributed by atoms with E-state index in [1.54, 1.807) is 53.4 Å². The van der Waals surface area contributed by atoms with E-state index in [4.69, 9.17) is 11.5 Å². The monoisotopic (exact) mass is 527 g/mol. The molecule has 1 unspecified atom stereocenters. The van der Waals surface area contributed by atoms with Crippen LogP contribution in [0, 0.1) is 17.2 Å². The molecule has 0 bridgehead atoms. The highest BCUT2D eigenvalue weighted by Crippen LogP contribution is 2.47. The van der Waals surface area contributed by atoms with Gasteiger partial charge in [-0.25, -0.2) is 0 Å². The zero-order valence-electron chi connectivity index (χ0n) is 21.4. The van der Waals surface area contributed by atoms with Gasteiger partial charge in [0.25, 0.3) is 0 Å². The first-order valence-electron chi connectivity index (χ1n) is 12.7. The van der Waals surface area contributed by atoms with E-state index in [1.165, 1.54) is 0 Å². The van der Waals surface area contributed by atoms with E-state index in [2.05, 4.69) is 32.0 Å². The van der Waals surface area contributed by atoms with Crippen LogP contribution in [0.4, 0.5) is 0 Å². The lowest BCUT2D eigenvalue weighted by Gasteiger charge is -2.35. The molecule has 5 rings (SSSR count). The van der Waals surface area contributed by atoms with Crippen LogP contribution in [0.1, 0.15) is 63.9 Å². The fourth-order valence-electron chi connectivity index (χ4n) is 5.75. The number of nitrogens with one attached hydrogen (secondary N) is 2. The number of hydrogen-bond donors (Lipinski definition) is 4. The number of carbonyl (C=O) groups is 3. The Hall–Kier alpha value is -4.63. The molecule has 12 nitrogen and oxygen atoms in total. The van der Waals surface area contributed by atoms with E-state index in [1.807, 2.05) is 6.92 Å². The van der Waals surface area contributed by atoms with Crippen molar-refractivity contribution in [2.75, 3.05) is 6.54 Å². The molecule has 2 aliphatic rings. The van der Waals surface area contributed by atoms with Crippen molar-refractivity contribution < 1.29 is 14.4 Å². The number of benzene rings is 2. The molecule has 2 aromatic carbocycles. The summed E-state index contributed by atoms with van der Waals surface area (Å²) in [5.74, 6) is -0.400. The topological polar surface area (TPSA) is 197 Å². The van der Waals surface area contributed by atoms with E-state index in [0.717, 1.165) is 24.0 Å². The number of nitrogens with zero attached hydrogens (tertiary/aromatic N) is 5. The molecule has 6 N–H and O–H groups in total. The van der Waals surface area contributed by atoms with Gasteiger partial charge in [-0.2, -0.15) is 10.5 Å². The van der Waals surface area contributed by atoms with Crippen LogP contribution in [-0.4, -0.2) is 67.9 Å². The standard InChI is InChI=1S/C27H29N9O3/c1-15(31-14-23(37)36-21(13-28)10-18-11-22(18)36)12-27(26-32-34-35-33-26,19-6-2-16(3-7-19)24(29)38)20-8-4-17(5-9-20)25(30)39/h2-9,15,18,21-22,31H,10-12,14H2,1H3,(H2,29,38)(H2,30,39)(H,32,33,34,35)/t15-,18+,21?,22-/m0/s1. The van der Waals surface area contributed by atoms with Crippen LogP contribution in [0.2, 0.25) is 0 Å². The Morgan fingerprint density at radius 3 is 2.15 bits per heavy atom. The molecular weight excluding hydrogens is 498 g/mol. The maximum Gasteiger partial charge on any atom is 0.248 e. The summed E-state index contributed by atoms with van der Waals surface area (Å²) in [6, 6.07) is 15.5. The minimum Gasteiger partial charge on any atom is -0.366 e. The van der Waals surface area contributed by atoms with Crippen LogP contribution in [-0.2, 0) is 10.2 Å². The Morgan fingerprint density at radius 1 is 1.08 bits per heavy atom. The van der Waals surface area contributed by atoms with E-state index in [9.17, 15) is 19.6 Å². The number of piperidine rings is 1. The Labute approximate surface area is 224 Å². The van der Waals surface area contributed by atoms with Crippen molar-refractivity contribution in [2.45, 2.75) is 49.7 Å². The number of amides is 3. The van der Waals surface area contributed by atoms with Gasteiger partial charge in [-0.15, -0.1) is 10.2 Å². The van der Waals surface area contributed by atoms with Crippen molar-refractivity contribution >= 4 is 17.7 Å². The zero-order valence-corrected chi connectivity index (χ0v) is 21.4. The molecule has 1 aliphatic heterocycles. The molecule has 39 heavy (non-hydrogen) atoms. The van der Waals surface area contributed by atoms with Crippen molar-refractivity contribution in [2.24, 2.45) is 17.4 Å². The van der Waals surface area contributed by atoms with Crippen molar-refractivity contribution in [3.05, 3.63) is 76.6 Å². The molecule has 2 fully saturated rings. The molecule has 4 atom stereocenters. The van der Waals surface area contributed by atoms with Gasteiger partial charge in [0, 0.05) is 23.2 Å². The predicted octanol–water partition coefficient (Wildman–Crippen LogP) is 0.613. The zero-order chi connectivity index (χ0) is 27.7. The van der Waals surface area contributed by atoms with Gasteiger partial charge < -0.3 is 21.7 Å². The molecule has 0 radical (unpaired) electrons. The van der Waals surface area contributed by atoms with Crippen molar-refractivity contribution in [1.82, 2.24) is 30.8 Å². The van der Waals surface area contributed by atoms with Crippen LogP contribution in [0.25, 0.3) is 0 Å². The summed E-state index contributed by atoms with van der Waals surface area (Å²) < 4.78 is 0. The third-order valence-corrected chi connectivity index (χ3v) is 7.81. The number of nitriles is 1. The third-order valence-electron chi connectivity index (χ3n) is 7.81. The van der Waals surface area contributed by atoms with Gasteiger partial charge in [0.2, 0.25) is 17.7 Å². The number of carbonyl (C=O) groups excluding carboxylic acids is 3. The molecule has 200 valence electrons. The van der Waals surface area contributed by atoms with Crippen molar-refractivity contribution in [3.63, 3.8) is 0 Å². The van der Waals surface area contributed by atoms with Gasteiger partial charge in [0.05, 0.1) is 18.0 Å². The van der Waals surface area contributed by atoms with Gasteiger partial charge in [-0.1, -0.05) is 29.5 Å². The summed E-state index contributed by atoms with van der Waals surface area (Å²) in [4.78, 5) is 38.3. The van der Waals surface area contributed by atoms with Crippen LogP contribution >= 0.6 is 0 Å². The Kier molecular flexibility index (Phi) is 6.84. The maximum atomic E-state index is 13.1. The highest BCUT2D eigenvalue weighted by molar-refractivity contribution is 5.93. The van der Waals surface area contributed by atoms with Gasteiger partial charge in [0.1, 0.15) is 6.04 Å².